The number of nitrogens with zero attached hydrogens (tertiary/aromatic N) is 1. The van der Waals surface area contributed by atoms with Crippen molar-refractivity contribution in [2.45, 2.75) is 24.6 Å². The van der Waals surface area contributed by atoms with Crippen molar-refractivity contribution in [3.05, 3.63) is 101 Å². The molecular formula is C28H23F3N4O8S. The largest absolute Gasteiger partial charge is 0.511 e. The second-order valence-electron chi connectivity index (χ2n) is 9.21. The van der Waals surface area contributed by atoms with Gasteiger partial charge in [0.15, 0.2) is 5.76 Å². The Balaban J connectivity index is 1.39. The third-order valence-electron chi connectivity index (χ3n) is 6.00. The lowest BCUT2D eigenvalue weighted by Crippen LogP contribution is -2.47. The average molecular weight is 633 g/mol. The highest BCUT2D eigenvalue weighted by atomic mass is 32.2. The predicted molar refractivity (Wildman–Crippen MR) is 151 cm³/mol. The molecule has 4 aromatic rings. The number of nitrogens with two attached hydrogens (primary N) is 1. The number of fused-ring (bicyclic) bond motifs is 1. The summed E-state index contributed by atoms with van der Waals surface area (Å²) in [6, 6.07) is 18.3. The lowest BCUT2D eigenvalue weighted by molar-refractivity contribution is -0.139. The van der Waals surface area contributed by atoms with Crippen LogP contribution >= 0.6 is 0 Å². The summed E-state index contributed by atoms with van der Waals surface area (Å²) >= 11 is 0. The van der Waals surface area contributed by atoms with Crippen molar-refractivity contribution in [1.29, 1.82) is 0 Å². The zero-order chi connectivity index (χ0) is 32.1. The number of furan rings is 1. The fourth-order valence-corrected chi connectivity index (χ4v) is 4.51. The number of benzene rings is 3. The number of anilines is 1. The number of aliphatic carboxylic acids is 1. The number of hydrogen-bond acceptors (Lipinski definition) is 7. The van der Waals surface area contributed by atoms with Gasteiger partial charge in [0.05, 0.1) is 0 Å². The molecule has 0 spiro atoms. The van der Waals surface area contributed by atoms with Crippen LogP contribution in [-0.2, 0) is 32.6 Å². The number of sulfonamides is 1. The number of carbonyl (C=O) groups is 3. The second-order valence-corrected chi connectivity index (χ2v) is 10.9. The van der Waals surface area contributed by atoms with E-state index in [1.54, 1.807) is 30.3 Å². The van der Waals surface area contributed by atoms with Crippen molar-refractivity contribution in [3.8, 4) is 0 Å². The highest BCUT2D eigenvalue weighted by Crippen LogP contribution is 2.24. The number of halogens is 3. The Morgan fingerprint density at radius 1 is 0.977 bits per heavy atom. The van der Waals surface area contributed by atoms with Gasteiger partial charge in [-0.3, -0.25) is 9.59 Å². The van der Waals surface area contributed by atoms with E-state index >= 15 is 0 Å². The predicted octanol–water partition coefficient (Wildman–Crippen LogP) is 4.16. The lowest BCUT2D eigenvalue weighted by Gasteiger charge is -2.16. The molecule has 4 rings (SSSR count). The van der Waals surface area contributed by atoms with Crippen LogP contribution in [0.4, 0.5) is 23.7 Å². The molecule has 44 heavy (non-hydrogen) atoms. The van der Waals surface area contributed by atoms with Crippen molar-refractivity contribution in [3.63, 3.8) is 0 Å². The quantitative estimate of drug-likeness (QED) is 0.147. The maximum atomic E-state index is 12.8. The van der Waals surface area contributed by atoms with Crippen LogP contribution in [-0.4, -0.2) is 48.9 Å². The lowest BCUT2D eigenvalue weighted by atomic mass is 10.1. The van der Waals surface area contributed by atoms with Crippen molar-refractivity contribution in [1.82, 2.24) is 4.72 Å². The number of rotatable bonds is 10. The minimum Gasteiger partial charge on any atom is -0.480 e. The van der Waals surface area contributed by atoms with Gasteiger partial charge in [0.25, 0.3) is 5.91 Å². The van der Waals surface area contributed by atoms with Crippen LogP contribution in [0.1, 0.15) is 27.2 Å². The third-order valence-corrected chi connectivity index (χ3v) is 7.21. The van der Waals surface area contributed by atoms with E-state index in [0.29, 0.717) is 16.5 Å². The van der Waals surface area contributed by atoms with Crippen LogP contribution in [0.5, 0.6) is 0 Å². The summed E-state index contributed by atoms with van der Waals surface area (Å²) in [5, 5.41) is 12.2. The van der Waals surface area contributed by atoms with E-state index < -0.39 is 46.0 Å². The molecule has 16 heteroatoms. The third kappa shape index (κ3) is 7.99. The van der Waals surface area contributed by atoms with Crippen molar-refractivity contribution in [2.75, 3.05) is 5.32 Å². The van der Waals surface area contributed by atoms with Crippen LogP contribution in [0.2, 0.25) is 0 Å². The van der Waals surface area contributed by atoms with Gasteiger partial charge >= 0.3 is 27.6 Å². The monoisotopic (exact) mass is 632 g/mol. The Morgan fingerprint density at radius 3 is 2.30 bits per heavy atom. The molecule has 1 atom stereocenters. The first-order valence-corrected chi connectivity index (χ1v) is 14.0. The molecule has 2 amide bonds. The molecule has 0 saturated carbocycles. The molecule has 12 nitrogen and oxygen atoms in total. The Kier molecular flexibility index (Phi) is 9.35. The molecule has 0 unspecified atom stereocenters. The van der Waals surface area contributed by atoms with Gasteiger partial charge in [-0.15, -0.1) is 0 Å². The molecule has 0 aliphatic heterocycles. The van der Waals surface area contributed by atoms with Gasteiger partial charge in [0.1, 0.15) is 24.1 Å². The minimum atomic E-state index is -5.89. The molecule has 5 N–H and O–H groups in total. The standard InChI is InChI=1S/C28H23F3N4O8S/c29-28(30,31)44(40,41)35-21(26(37)38)12-16-6-9-20(10-7-16)33-25(36)23-14-19-13-18(8-11-22(19)43-23)24(32)34-27(39)42-15-17-4-2-1-3-5-17/h1-11,13-14,21,35H,12,15H2,(H,33,36)(H,37,38)(H2,32,34,39)/t21-/m0/s1. The van der Waals surface area contributed by atoms with Gasteiger partial charge in [-0.25, -0.2) is 13.2 Å². The number of hydrogen-bond donors (Lipinski definition) is 4. The normalized spacial score (nSPS) is 12.9. The topological polar surface area (TPSA) is 190 Å². The SMILES string of the molecule is NC(=NC(=O)OCc1ccccc1)c1ccc2oc(C(=O)Nc3ccc(C[C@H](NS(=O)(=O)C(F)(F)F)C(=O)O)cc3)cc2c1. The van der Waals surface area contributed by atoms with E-state index in [1.165, 1.54) is 42.5 Å². The van der Waals surface area contributed by atoms with Gasteiger partial charge < -0.3 is 25.3 Å². The Hall–Kier alpha value is -5.22. The zero-order valence-corrected chi connectivity index (χ0v) is 23.2. The number of nitrogens with one attached hydrogen (secondary N) is 2. The highest BCUT2D eigenvalue weighted by molar-refractivity contribution is 7.90. The number of carboxylic acid groups (broad SMARTS) is 1. The van der Waals surface area contributed by atoms with Crippen LogP contribution in [0, 0.1) is 0 Å². The van der Waals surface area contributed by atoms with Crippen molar-refractivity contribution in [2.24, 2.45) is 10.7 Å². The summed E-state index contributed by atoms with van der Waals surface area (Å²) in [4.78, 5) is 39.9. The maximum absolute atomic E-state index is 12.8. The maximum Gasteiger partial charge on any atom is 0.511 e. The summed E-state index contributed by atoms with van der Waals surface area (Å²) in [5.41, 5.74) is 2.16. The Bertz CT molecular complexity index is 1820. The molecule has 0 aliphatic carbocycles. The molecule has 0 aliphatic rings. The van der Waals surface area contributed by atoms with E-state index in [-0.39, 0.29) is 29.5 Å². The Morgan fingerprint density at radius 2 is 1.66 bits per heavy atom. The fraction of sp³-hybridized carbons (Fsp3) is 0.143. The van der Waals surface area contributed by atoms with Crippen molar-refractivity contribution < 1.29 is 50.2 Å². The van der Waals surface area contributed by atoms with E-state index in [9.17, 15) is 41.1 Å². The molecular weight excluding hydrogens is 609 g/mol. The summed E-state index contributed by atoms with van der Waals surface area (Å²) in [6.45, 7) is 0.0186. The summed E-state index contributed by atoms with van der Waals surface area (Å²) in [5.74, 6) is -2.68. The van der Waals surface area contributed by atoms with Crippen LogP contribution in [0.3, 0.4) is 0 Å². The Labute approximate surface area is 247 Å². The van der Waals surface area contributed by atoms with Gasteiger partial charge in [-0.1, -0.05) is 42.5 Å². The van der Waals surface area contributed by atoms with E-state index in [1.807, 2.05) is 6.07 Å². The van der Waals surface area contributed by atoms with E-state index in [4.69, 9.17) is 14.9 Å². The second kappa shape index (κ2) is 13.0. The van der Waals surface area contributed by atoms with Crippen LogP contribution in [0.15, 0.2) is 88.3 Å². The first-order chi connectivity index (χ1) is 20.7. The zero-order valence-electron chi connectivity index (χ0n) is 22.4. The van der Waals surface area contributed by atoms with Gasteiger partial charge in [0.2, 0.25) is 0 Å². The molecule has 230 valence electrons. The molecule has 1 heterocycles. The number of amides is 2. The molecule has 0 saturated heterocycles. The number of aliphatic imine (C=N–C) groups is 1. The average Bonchev–Trinajstić information content (AvgIpc) is 3.40. The molecule has 0 radical (unpaired) electrons. The molecule has 0 fully saturated rings. The van der Waals surface area contributed by atoms with Crippen molar-refractivity contribution >= 4 is 50.5 Å². The first kappa shape index (κ1) is 31.7. The summed E-state index contributed by atoms with van der Waals surface area (Å²) in [7, 11) is -5.89. The van der Waals surface area contributed by atoms with Crippen LogP contribution < -0.4 is 15.8 Å². The van der Waals surface area contributed by atoms with Gasteiger partial charge in [-0.05, 0) is 53.9 Å². The number of amidine groups is 1. The van der Waals surface area contributed by atoms with Gasteiger partial charge in [0, 0.05) is 16.6 Å². The highest BCUT2D eigenvalue weighted by Gasteiger charge is 2.47. The van der Waals surface area contributed by atoms with E-state index in [0.717, 1.165) is 10.3 Å². The van der Waals surface area contributed by atoms with Gasteiger partial charge in [-0.2, -0.15) is 22.9 Å². The summed E-state index contributed by atoms with van der Waals surface area (Å²) in [6.07, 6.45) is -1.48. The molecule has 0 bridgehead atoms. The van der Waals surface area contributed by atoms with Crippen LogP contribution in [0.25, 0.3) is 11.0 Å². The van der Waals surface area contributed by atoms with E-state index in [2.05, 4.69) is 10.3 Å². The summed E-state index contributed by atoms with van der Waals surface area (Å²) < 4.78 is 72.3. The smallest absolute Gasteiger partial charge is 0.480 e. The molecule has 1 aromatic heterocycles. The number of alkyl halides is 3. The first-order valence-electron chi connectivity index (χ1n) is 12.5. The number of carbonyl (C=O) groups excluding carboxylic acids is 2. The number of carboxylic acids is 1. The number of ether oxygens (including phenoxy) is 1. The minimum absolute atomic E-state index is 0.0186. The molecule has 3 aromatic carbocycles. The fourth-order valence-electron chi connectivity index (χ4n) is 3.82.